The minimum atomic E-state index is -0.617. The third-order valence-corrected chi connectivity index (χ3v) is 3.83. The summed E-state index contributed by atoms with van der Waals surface area (Å²) in [6.07, 6.45) is 2.42. The normalized spacial score (nSPS) is 17.1. The summed E-state index contributed by atoms with van der Waals surface area (Å²) in [4.78, 5) is 25.5. The SMILES string of the molecule is COc1ccc(C=CC(=O)N2C(=O)OCC2c2ccccc2)cc1. The van der Waals surface area contributed by atoms with Crippen LogP contribution in [0, 0.1) is 0 Å². The van der Waals surface area contributed by atoms with Crippen molar-refractivity contribution in [3.63, 3.8) is 0 Å². The summed E-state index contributed by atoms with van der Waals surface area (Å²) in [5.74, 6) is 0.341. The van der Waals surface area contributed by atoms with Crippen LogP contribution in [0.1, 0.15) is 17.2 Å². The van der Waals surface area contributed by atoms with Gasteiger partial charge in [0.2, 0.25) is 0 Å². The van der Waals surface area contributed by atoms with E-state index in [2.05, 4.69) is 0 Å². The number of rotatable bonds is 4. The number of carbonyl (C=O) groups excluding carboxylic acids is 2. The zero-order chi connectivity index (χ0) is 16.9. The van der Waals surface area contributed by atoms with E-state index in [0.717, 1.165) is 21.8 Å². The number of hydrogen-bond acceptors (Lipinski definition) is 4. The summed E-state index contributed by atoms with van der Waals surface area (Å²) in [5, 5.41) is 0. The first kappa shape index (κ1) is 15.8. The second kappa shape index (κ2) is 7.00. The molecular weight excluding hydrogens is 306 g/mol. The van der Waals surface area contributed by atoms with Gasteiger partial charge in [-0.25, -0.2) is 9.69 Å². The fraction of sp³-hybridized carbons (Fsp3) is 0.158. The van der Waals surface area contributed by atoms with Crippen LogP contribution < -0.4 is 4.74 Å². The van der Waals surface area contributed by atoms with Crippen LogP contribution in [0.4, 0.5) is 4.79 Å². The van der Waals surface area contributed by atoms with Gasteiger partial charge in [-0.2, -0.15) is 0 Å². The van der Waals surface area contributed by atoms with Crippen molar-refractivity contribution < 1.29 is 19.1 Å². The van der Waals surface area contributed by atoms with Gasteiger partial charge in [-0.05, 0) is 29.3 Å². The van der Waals surface area contributed by atoms with Crippen molar-refractivity contribution in [2.75, 3.05) is 13.7 Å². The predicted octanol–water partition coefficient (Wildman–Crippen LogP) is 3.43. The first-order valence-electron chi connectivity index (χ1n) is 7.56. The minimum absolute atomic E-state index is 0.172. The Kier molecular flexibility index (Phi) is 4.61. The van der Waals surface area contributed by atoms with Crippen LogP contribution in [0.2, 0.25) is 0 Å². The maximum absolute atomic E-state index is 12.4. The fourth-order valence-electron chi connectivity index (χ4n) is 2.55. The topological polar surface area (TPSA) is 55.8 Å². The second-order valence-electron chi connectivity index (χ2n) is 5.32. The maximum Gasteiger partial charge on any atom is 0.417 e. The molecule has 2 amide bonds. The summed E-state index contributed by atoms with van der Waals surface area (Å²) in [7, 11) is 1.59. The number of benzene rings is 2. The number of imide groups is 1. The molecule has 0 radical (unpaired) electrons. The Morgan fingerprint density at radius 2 is 1.88 bits per heavy atom. The quantitative estimate of drug-likeness (QED) is 0.809. The number of hydrogen-bond donors (Lipinski definition) is 0. The molecule has 2 aromatic rings. The Labute approximate surface area is 140 Å². The molecule has 3 rings (SSSR count). The molecule has 0 aromatic heterocycles. The lowest BCUT2D eigenvalue weighted by molar-refractivity contribution is -0.124. The summed E-state index contributed by atoms with van der Waals surface area (Å²) in [6.45, 7) is 0.172. The summed E-state index contributed by atoms with van der Waals surface area (Å²) < 4.78 is 10.1. The van der Waals surface area contributed by atoms with E-state index in [-0.39, 0.29) is 6.61 Å². The zero-order valence-electron chi connectivity index (χ0n) is 13.2. The highest BCUT2D eigenvalue weighted by molar-refractivity contribution is 6.02. The molecule has 1 aliphatic rings. The van der Waals surface area contributed by atoms with Gasteiger partial charge < -0.3 is 9.47 Å². The van der Waals surface area contributed by atoms with Gasteiger partial charge in [0.05, 0.1) is 7.11 Å². The molecular formula is C19H17NO4. The molecule has 0 spiro atoms. The highest BCUT2D eigenvalue weighted by Crippen LogP contribution is 2.28. The standard InChI is InChI=1S/C19H17NO4/c1-23-16-10-7-14(8-11-16)9-12-18(21)20-17(13-24-19(20)22)15-5-3-2-4-6-15/h2-12,17H,13H2,1H3. The van der Waals surface area contributed by atoms with Crippen LogP contribution in [0.25, 0.3) is 6.08 Å². The first-order chi connectivity index (χ1) is 11.7. The van der Waals surface area contributed by atoms with E-state index in [1.54, 1.807) is 25.3 Å². The van der Waals surface area contributed by atoms with E-state index in [1.165, 1.54) is 6.08 Å². The number of nitrogens with zero attached hydrogens (tertiary/aromatic N) is 1. The first-order valence-corrected chi connectivity index (χ1v) is 7.56. The van der Waals surface area contributed by atoms with E-state index in [0.29, 0.717) is 0 Å². The fourth-order valence-corrected chi connectivity index (χ4v) is 2.55. The van der Waals surface area contributed by atoms with Crippen molar-refractivity contribution in [2.24, 2.45) is 0 Å². The number of ether oxygens (including phenoxy) is 2. The van der Waals surface area contributed by atoms with Crippen LogP contribution >= 0.6 is 0 Å². The molecule has 1 fully saturated rings. The summed E-state index contributed by atoms with van der Waals surface area (Å²) in [5.41, 5.74) is 1.71. The van der Waals surface area contributed by atoms with Crippen LogP contribution in [-0.4, -0.2) is 30.6 Å². The monoisotopic (exact) mass is 323 g/mol. The molecule has 0 bridgehead atoms. The maximum atomic E-state index is 12.4. The van der Waals surface area contributed by atoms with E-state index >= 15 is 0 Å². The Hall–Kier alpha value is -3.08. The Bertz CT molecular complexity index is 753. The average Bonchev–Trinajstić information content (AvgIpc) is 3.02. The molecule has 0 aliphatic carbocycles. The van der Waals surface area contributed by atoms with Gasteiger partial charge >= 0.3 is 6.09 Å². The van der Waals surface area contributed by atoms with Crippen LogP contribution in [0.5, 0.6) is 5.75 Å². The predicted molar refractivity (Wildman–Crippen MR) is 89.4 cm³/mol. The lowest BCUT2D eigenvalue weighted by Gasteiger charge is -2.18. The molecule has 0 saturated carbocycles. The van der Waals surface area contributed by atoms with Crippen molar-refractivity contribution in [3.05, 3.63) is 71.8 Å². The van der Waals surface area contributed by atoms with Crippen molar-refractivity contribution in [3.8, 4) is 5.75 Å². The molecule has 1 unspecified atom stereocenters. The van der Waals surface area contributed by atoms with E-state index < -0.39 is 18.0 Å². The van der Waals surface area contributed by atoms with Crippen molar-refractivity contribution >= 4 is 18.1 Å². The molecule has 1 saturated heterocycles. The van der Waals surface area contributed by atoms with E-state index in [4.69, 9.17) is 9.47 Å². The zero-order valence-corrected chi connectivity index (χ0v) is 13.2. The Morgan fingerprint density at radius 3 is 2.54 bits per heavy atom. The molecule has 122 valence electrons. The molecule has 24 heavy (non-hydrogen) atoms. The van der Waals surface area contributed by atoms with Gasteiger partial charge in [0, 0.05) is 6.08 Å². The molecule has 1 atom stereocenters. The molecule has 2 aromatic carbocycles. The summed E-state index contributed by atoms with van der Waals surface area (Å²) >= 11 is 0. The average molecular weight is 323 g/mol. The third-order valence-electron chi connectivity index (χ3n) is 3.83. The molecule has 1 heterocycles. The highest BCUT2D eigenvalue weighted by Gasteiger charge is 2.37. The number of methoxy groups -OCH3 is 1. The largest absolute Gasteiger partial charge is 0.497 e. The van der Waals surface area contributed by atoms with Crippen molar-refractivity contribution in [2.45, 2.75) is 6.04 Å². The number of carbonyl (C=O) groups is 2. The number of amides is 2. The van der Waals surface area contributed by atoms with Crippen LogP contribution in [0.3, 0.4) is 0 Å². The van der Waals surface area contributed by atoms with Gasteiger partial charge in [-0.15, -0.1) is 0 Å². The third kappa shape index (κ3) is 3.30. The second-order valence-corrected chi connectivity index (χ2v) is 5.32. The van der Waals surface area contributed by atoms with Gasteiger partial charge in [0.1, 0.15) is 18.4 Å². The minimum Gasteiger partial charge on any atom is -0.497 e. The van der Waals surface area contributed by atoms with Gasteiger partial charge in [0.15, 0.2) is 0 Å². The lowest BCUT2D eigenvalue weighted by atomic mass is 10.1. The smallest absolute Gasteiger partial charge is 0.417 e. The molecule has 1 aliphatic heterocycles. The van der Waals surface area contributed by atoms with Crippen molar-refractivity contribution in [1.29, 1.82) is 0 Å². The van der Waals surface area contributed by atoms with Gasteiger partial charge in [-0.3, -0.25) is 4.79 Å². The Morgan fingerprint density at radius 1 is 1.17 bits per heavy atom. The molecule has 5 heteroatoms. The van der Waals surface area contributed by atoms with Crippen molar-refractivity contribution in [1.82, 2.24) is 4.90 Å². The molecule has 5 nitrogen and oxygen atoms in total. The van der Waals surface area contributed by atoms with Crippen LogP contribution in [-0.2, 0) is 9.53 Å². The Balaban J connectivity index is 1.76. The number of cyclic esters (lactones) is 1. The summed E-state index contributed by atoms with van der Waals surface area (Å²) in [6, 6.07) is 16.3. The van der Waals surface area contributed by atoms with E-state index in [9.17, 15) is 9.59 Å². The van der Waals surface area contributed by atoms with Crippen LogP contribution in [0.15, 0.2) is 60.7 Å². The highest BCUT2D eigenvalue weighted by atomic mass is 16.6. The lowest BCUT2D eigenvalue weighted by Crippen LogP contribution is -2.32. The van der Waals surface area contributed by atoms with Gasteiger partial charge in [-0.1, -0.05) is 42.5 Å². The molecule has 0 N–H and O–H groups in total. The van der Waals surface area contributed by atoms with E-state index in [1.807, 2.05) is 42.5 Å². The van der Waals surface area contributed by atoms with Gasteiger partial charge in [0.25, 0.3) is 5.91 Å².